The van der Waals surface area contributed by atoms with Crippen molar-refractivity contribution in [1.82, 2.24) is 5.43 Å². The Morgan fingerprint density at radius 2 is 1.86 bits per heavy atom. The van der Waals surface area contributed by atoms with Crippen molar-refractivity contribution in [2.75, 3.05) is 7.11 Å². The minimum atomic E-state index is 0.00972. The molecule has 0 aromatic heterocycles. The van der Waals surface area contributed by atoms with E-state index in [1.807, 2.05) is 18.2 Å². The summed E-state index contributed by atoms with van der Waals surface area (Å²) < 4.78 is 5.77. The molecule has 0 aliphatic heterocycles. The molecule has 0 bridgehead atoms. The molecule has 1 fully saturated rings. The second kappa shape index (κ2) is 8.35. The first-order chi connectivity index (χ1) is 10.2. The average Bonchev–Trinajstić information content (AvgIpc) is 2.51. The van der Waals surface area contributed by atoms with Crippen LogP contribution in [-0.2, 0) is 11.2 Å². The zero-order chi connectivity index (χ0) is 15.2. The van der Waals surface area contributed by atoms with Gasteiger partial charge in [0.05, 0.1) is 12.1 Å². The van der Waals surface area contributed by atoms with Crippen molar-refractivity contribution in [2.24, 2.45) is 11.8 Å². The Hall–Kier alpha value is -0.320. The molecule has 0 radical (unpaired) electrons. The highest BCUT2D eigenvalue weighted by Crippen LogP contribution is 2.32. The third-order valence-corrected chi connectivity index (χ3v) is 5.19. The molecular weight excluding hydrogens is 307 g/mol. The van der Waals surface area contributed by atoms with Crippen LogP contribution in [-0.4, -0.2) is 19.3 Å². The van der Waals surface area contributed by atoms with Gasteiger partial charge in [0, 0.05) is 17.2 Å². The van der Waals surface area contributed by atoms with Crippen LogP contribution in [0.4, 0.5) is 0 Å². The van der Waals surface area contributed by atoms with Crippen LogP contribution in [0, 0.1) is 5.92 Å². The van der Waals surface area contributed by atoms with Gasteiger partial charge in [0.25, 0.3) is 0 Å². The summed E-state index contributed by atoms with van der Waals surface area (Å²) in [7, 11) is 1.76. The van der Waals surface area contributed by atoms with E-state index in [4.69, 9.17) is 33.8 Å². The van der Waals surface area contributed by atoms with Gasteiger partial charge in [-0.05, 0) is 42.9 Å². The molecule has 21 heavy (non-hydrogen) atoms. The molecule has 0 heterocycles. The Morgan fingerprint density at radius 3 is 2.38 bits per heavy atom. The quantitative estimate of drug-likeness (QED) is 0.613. The lowest BCUT2D eigenvalue weighted by molar-refractivity contribution is 0.00828. The molecule has 0 saturated heterocycles. The monoisotopic (exact) mass is 330 g/mol. The third kappa shape index (κ3) is 4.33. The highest BCUT2D eigenvalue weighted by Gasteiger charge is 2.31. The maximum Gasteiger partial charge on any atom is 0.0769 e. The summed E-state index contributed by atoms with van der Waals surface area (Å²) in [5.41, 5.74) is 3.84. The lowest BCUT2D eigenvalue weighted by atomic mass is 9.81. The van der Waals surface area contributed by atoms with E-state index in [-0.39, 0.29) is 12.1 Å². The van der Waals surface area contributed by atoms with Crippen LogP contribution in [0.1, 0.15) is 37.7 Å². The van der Waals surface area contributed by atoms with Crippen molar-refractivity contribution >= 4 is 23.2 Å². The van der Waals surface area contributed by atoms with Crippen molar-refractivity contribution in [3.63, 3.8) is 0 Å². The van der Waals surface area contributed by atoms with Gasteiger partial charge in [-0.25, -0.2) is 0 Å². The molecule has 3 N–H and O–H groups in total. The predicted octanol–water partition coefficient (Wildman–Crippen LogP) is 3.96. The Balaban J connectivity index is 2.13. The normalized spacial score (nSPS) is 19.4. The third-order valence-electron chi connectivity index (χ3n) is 4.48. The summed E-state index contributed by atoms with van der Waals surface area (Å²) in [5.74, 6) is 6.34. The van der Waals surface area contributed by atoms with Gasteiger partial charge in [-0.1, -0.05) is 48.5 Å². The van der Waals surface area contributed by atoms with Gasteiger partial charge in [0.15, 0.2) is 0 Å². The standard InChI is InChI=1S/C16H24Cl2N2O/c1-21-16(11-6-3-2-4-7-11)15(20-19)10-12-13(17)8-5-9-14(12)18/h5,8-9,11,15-16,20H,2-4,6-7,10,19H2,1H3. The molecule has 1 saturated carbocycles. The molecule has 0 amide bonds. The molecule has 1 aromatic carbocycles. The SMILES string of the molecule is COC(C1CCCCC1)C(Cc1c(Cl)cccc1Cl)NN. The van der Waals surface area contributed by atoms with E-state index in [1.54, 1.807) is 7.11 Å². The number of hydrogen-bond donors (Lipinski definition) is 2. The van der Waals surface area contributed by atoms with Gasteiger partial charge in [-0.2, -0.15) is 0 Å². The van der Waals surface area contributed by atoms with E-state index in [2.05, 4.69) is 5.43 Å². The Kier molecular flexibility index (Phi) is 6.77. The van der Waals surface area contributed by atoms with Crippen LogP contribution in [0.2, 0.25) is 10.0 Å². The Bertz CT molecular complexity index is 430. The van der Waals surface area contributed by atoms with Crippen LogP contribution in [0.5, 0.6) is 0 Å². The summed E-state index contributed by atoms with van der Waals surface area (Å²) in [5, 5.41) is 1.36. The van der Waals surface area contributed by atoms with E-state index in [1.165, 1.54) is 32.1 Å². The van der Waals surface area contributed by atoms with Crippen molar-refractivity contribution in [3.8, 4) is 0 Å². The summed E-state index contributed by atoms with van der Waals surface area (Å²) in [6, 6.07) is 5.58. The fraction of sp³-hybridized carbons (Fsp3) is 0.625. The van der Waals surface area contributed by atoms with E-state index in [0.29, 0.717) is 22.4 Å². The molecule has 3 nitrogen and oxygen atoms in total. The number of rotatable bonds is 6. The zero-order valence-corrected chi connectivity index (χ0v) is 14.0. The molecular formula is C16H24Cl2N2O. The lowest BCUT2D eigenvalue weighted by Crippen LogP contribution is -2.49. The topological polar surface area (TPSA) is 47.3 Å². The molecule has 1 aliphatic carbocycles. The summed E-state index contributed by atoms with van der Waals surface area (Å²) in [6.45, 7) is 0. The number of methoxy groups -OCH3 is 1. The first kappa shape index (κ1) is 17.0. The van der Waals surface area contributed by atoms with E-state index >= 15 is 0 Å². The van der Waals surface area contributed by atoms with Crippen molar-refractivity contribution < 1.29 is 4.74 Å². The maximum absolute atomic E-state index is 6.27. The zero-order valence-electron chi connectivity index (χ0n) is 12.4. The molecule has 1 aliphatic rings. The molecule has 2 unspecified atom stereocenters. The van der Waals surface area contributed by atoms with Gasteiger partial charge in [-0.3, -0.25) is 11.3 Å². The van der Waals surface area contributed by atoms with Gasteiger partial charge in [0.1, 0.15) is 0 Å². The summed E-state index contributed by atoms with van der Waals surface area (Å²) >= 11 is 12.5. The Morgan fingerprint density at radius 1 is 1.24 bits per heavy atom. The molecule has 1 aromatic rings. The largest absolute Gasteiger partial charge is 0.379 e. The van der Waals surface area contributed by atoms with Gasteiger partial charge >= 0.3 is 0 Å². The smallest absolute Gasteiger partial charge is 0.0769 e. The van der Waals surface area contributed by atoms with Crippen LogP contribution in [0.15, 0.2) is 18.2 Å². The van der Waals surface area contributed by atoms with Crippen LogP contribution < -0.4 is 11.3 Å². The average molecular weight is 331 g/mol. The number of ether oxygens (including phenoxy) is 1. The Labute approximate surface area is 137 Å². The molecule has 0 spiro atoms. The number of hydrogen-bond acceptors (Lipinski definition) is 3. The second-order valence-corrected chi connectivity index (χ2v) is 6.59. The highest BCUT2D eigenvalue weighted by atomic mass is 35.5. The van der Waals surface area contributed by atoms with Gasteiger partial charge in [0.2, 0.25) is 0 Å². The van der Waals surface area contributed by atoms with E-state index < -0.39 is 0 Å². The molecule has 118 valence electrons. The fourth-order valence-corrected chi connectivity index (χ4v) is 3.92. The van der Waals surface area contributed by atoms with E-state index in [0.717, 1.165) is 5.56 Å². The molecule has 2 rings (SSSR count). The second-order valence-electron chi connectivity index (χ2n) is 5.78. The van der Waals surface area contributed by atoms with Crippen molar-refractivity contribution in [3.05, 3.63) is 33.8 Å². The van der Waals surface area contributed by atoms with Crippen molar-refractivity contribution in [2.45, 2.75) is 50.7 Å². The minimum absolute atomic E-state index is 0.00972. The minimum Gasteiger partial charge on any atom is -0.379 e. The number of nitrogens with two attached hydrogens (primary N) is 1. The predicted molar refractivity (Wildman–Crippen MR) is 88.6 cm³/mol. The number of halogens is 2. The van der Waals surface area contributed by atoms with Gasteiger partial charge < -0.3 is 4.74 Å². The highest BCUT2D eigenvalue weighted by molar-refractivity contribution is 6.36. The lowest BCUT2D eigenvalue weighted by Gasteiger charge is -2.34. The summed E-state index contributed by atoms with van der Waals surface area (Å²) in [6.07, 6.45) is 7.03. The molecule has 2 atom stereocenters. The van der Waals surface area contributed by atoms with Gasteiger partial charge in [-0.15, -0.1) is 0 Å². The first-order valence-corrected chi connectivity index (χ1v) is 8.34. The summed E-state index contributed by atoms with van der Waals surface area (Å²) in [4.78, 5) is 0. The number of benzene rings is 1. The van der Waals surface area contributed by atoms with Crippen LogP contribution >= 0.6 is 23.2 Å². The van der Waals surface area contributed by atoms with Crippen molar-refractivity contribution in [1.29, 1.82) is 0 Å². The van der Waals surface area contributed by atoms with Crippen LogP contribution in [0.3, 0.4) is 0 Å². The number of nitrogens with one attached hydrogen (secondary N) is 1. The maximum atomic E-state index is 6.27. The van der Waals surface area contributed by atoms with E-state index in [9.17, 15) is 0 Å². The first-order valence-electron chi connectivity index (χ1n) is 7.59. The molecule has 5 heteroatoms. The van der Waals surface area contributed by atoms with Crippen LogP contribution in [0.25, 0.3) is 0 Å². The fourth-order valence-electron chi connectivity index (χ4n) is 3.37. The number of hydrazine groups is 1.